The van der Waals surface area contributed by atoms with Crippen molar-refractivity contribution in [1.29, 1.82) is 0 Å². The first kappa shape index (κ1) is 10.5. The Morgan fingerprint density at radius 3 is 2.47 bits per heavy atom. The first-order valence-electron chi connectivity index (χ1n) is 5.53. The quantitative estimate of drug-likeness (QED) is 0.590. The zero-order valence-corrected chi connectivity index (χ0v) is 9.62. The molecule has 1 unspecified atom stereocenters. The molecule has 2 fully saturated rings. The molecule has 1 atom stereocenters. The molecule has 4 heteroatoms. The predicted octanol–water partition coefficient (Wildman–Crippen LogP) is 0.476. The number of carbonyl (C=O) groups is 2. The second-order valence-corrected chi connectivity index (χ2v) is 5.00. The van der Waals surface area contributed by atoms with E-state index >= 15 is 0 Å². The Labute approximate surface area is 90.2 Å². The Morgan fingerprint density at radius 2 is 2.07 bits per heavy atom. The van der Waals surface area contributed by atoms with E-state index in [0.717, 1.165) is 19.5 Å². The van der Waals surface area contributed by atoms with E-state index in [9.17, 15) is 9.59 Å². The highest BCUT2D eigenvalue weighted by molar-refractivity contribution is 5.90. The van der Waals surface area contributed by atoms with Crippen molar-refractivity contribution in [2.75, 3.05) is 19.6 Å². The molecule has 2 amide bonds. The lowest BCUT2D eigenvalue weighted by Crippen LogP contribution is -2.64. The molecule has 0 aromatic rings. The number of likely N-dealkylation sites (tertiary alicyclic amines) is 2. The SMILES string of the molecule is CC(=O)N1CCC2(C1)CN(C(C)C)C2=O. The molecule has 2 aliphatic heterocycles. The molecular weight excluding hydrogens is 192 g/mol. The maximum absolute atomic E-state index is 12.0. The molecule has 84 valence electrons. The summed E-state index contributed by atoms with van der Waals surface area (Å²) in [5, 5.41) is 0. The minimum Gasteiger partial charge on any atom is -0.342 e. The number of amides is 2. The van der Waals surface area contributed by atoms with Crippen LogP contribution in [0.1, 0.15) is 27.2 Å². The standard InChI is InChI=1S/C11H18N2O2/c1-8(2)13-7-11(10(13)15)4-5-12(6-11)9(3)14/h8H,4-7H2,1-3H3. The van der Waals surface area contributed by atoms with Crippen LogP contribution in [0.15, 0.2) is 0 Å². The molecule has 0 aromatic carbocycles. The largest absolute Gasteiger partial charge is 0.342 e. The molecule has 0 bridgehead atoms. The average Bonchev–Trinajstić information content (AvgIpc) is 2.60. The van der Waals surface area contributed by atoms with Crippen LogP contribution in [-0.4, -0.2) is 47.3 Å². The zero-order chi connectivity index (χ0) is 11.2. The third-order valence-electron chi connectivity index (χ3n) is 3.61. The van der Waals surface area contributed by atoms with Gasteiger partial charge in [0, 0.05) is 32.6 Å². The molecule has 0 aromatic heterocycles. The summed E-state index contributed by atoms with van der Waals surface area (Å²) < 4.78 is 0. The second-order valence-electron chi connectivity index (χ2n) is 5.00. The van der Waals surface area contributed by atoms with Gasteiger partial charge in [-0.25, -0.2) is 0 Å². The van der Waals surface area contributed by atoms with Crippen LogP contribution in [0.25, 0.3) is 0 Å². The number of carbonyl (C=O) groups excluding carboxylic acids is 2. The Hall–Kier alpha value is -1.06. The van der Waals surface area contributed by atoms with Crippen LogP contribution < -0.4 is 0 Å². The molecular formula is C11H18N2O2. The van der Waals surface area contributed by atoms with Crippen LogP contribution in [0.3, 0.4) is 0 Å². The normalized spacial score (nSPS) is 30.3. The van der Waals surface area contributed by atoms with Gasteiger partial charge in [0.2, 0.25) is 11.8 Å². The highest BCUT2D eigenvalue weighted by Gasteiger charge is 2.56. The lowest BCUT2D eigenvalue weighted by molar-refractivity contribution is -0.162. The van der Waals surface area contributed by atoms with Crippen molar-refractivity contribution in [2.24, 2.45) is 5.41 Å². The van der Waals surface area contributed by atoms with Gasteiger partial charge in [-0.05, 0) is 20.3 Å². The highest BCUT2D eigenvalue weighted by Crippen LogP contribution is 2.41. The maximum Gasteiger partial charge on any atom is 0.232 e. The molecule has 4 nitrogen and oxygen atoms in total. The second kappa shape index (κ2) is 3.22. The summed E-state index contributed by atoms with van der Waals surface area (Å²) in [6.45, 7) is 7.83. The number of hydrogen-bond acceptors (Lipinski definition) is 2. The highest BCUT2D eigenvalue weighted by atomic mass is 16.2. The van der Waals surface area contributed by atoms with Crippen LogP contribution in [0.2, 0.25) is 0 Å². The van der Waals surface area contributed by atoms with E-state index in [2.05, 4.69) is 0 Å². The molecule has 0 aliphatic carbocycles. The van der Waals surface area contributed by atoms with Gasteiger partial charge in [0.05, 0.1) is 5.41 Å². The van der Waals surface area contributed by atoms with Crippen LogP contribution in [0.5, 0.6) is 0 Å². The first-order valence-corrected chi connectivity index (χ1v) is 5.53. The van der Waals surface area contributed by atoms with E-state index in [0.29, 0.717) is 6.54 Å². The summed E-state index contributed by atoms with van der Waals surface area (Å²) in [4.78, 5) is 26.9. The van der Waals surface area contributed by atoms with Crippen LogP contribution in [-0.2, 0) is 9.59 Å². The van der Waals surface area contributed by atoms with E-state index in [1.54, 1.807) is 11.8 Å². The Kier molecular flexibility index (Phi) is 2.24. The first-order chi connectivity index (χ1) is 6.96. The molecule has 2 saturated heterocycles. The molecule has 15 heavy (non-hydrogen) atoms. The van der Waals surface area contributed by atoms with Gasteiger partial charge in [-0.3, -0.25) is 9.59 Å². The number of β-lactam (4-membered cyclic amide) rings is 1. The lowest BCUT2D eigenvalue weighted by Gasteiger charge is -2.48. The monoisotopic (exact) mass is 210 g/mol. The Morgan fingerprint density at radius 1 is 1.40 bits per heavy atom. The van der Waals surface area contributed by atoms with Gasteiger partial charge in [0.15, 0.2) is 0 Å². The van der Waals surface area contributed by atoms with Crippen LogP contribution >= 0.6 is 0 Å². The Bertz CT molecular complexity index is 314. The van der Waals surface area contributed by atoms with E-state index in [1.165, 1.54) is 0 Å². The van der Waals surface area contributed by atoms with Crippen molar-refractivity contribution in [3.63, 3.8) is 0 Å². The van der Waals surface area contributed by atoms with Gasteiger partial charge in [0.1, 0.15) is 0 Å². The van der Waals surface area contributed by atoms with Gasteiger partial charge < -0.3 is 9.80 Å². The lowest BCUT2D eigenvalue weighted by atomic mass is 9.77. The third-order valence-corrected chi connectivity index (χ3v) is 3.61. The number of nitrogens with zero attached hydrogens (tertiary/aromatic N) is 2. The fourth-order valence-electron chi connectivity index (χ4n) is 2.54. The topological polar surface area (TPSA) is 40.6 Å². The van der Waals surface area contributed by atoms with Crippen molar-refractivity contribution in [2.45, 2.75) is 33.2 Å². The molecule has 2 aliphatic rings. The smallest absolute Gasteiger partial charge is 0.232 e. The zero-order valence-electron chi connectivity index (χ0n) is 9.62. The fourth-order valence-corrected chi connectivity index (χ4v) is 2.54. The minimum atomic E-state index is -0.226. The van der Waals surface area contributed by atoms with Gasteiger partial charge in [-0.15, -0.1) is 0 Å². The third kappa shape index (κ3) is 1.43. The van der Waals surface area contributed by atoms with Gasteiger partial charge in [0.25, 0.3) is 0 Å². The van der Waals surface area contributed by atoms with E-state index in [4.69, 9.17) is 0 Å². The van der Waals surface area contributed by atoms with Crippen molar-refractivity contribution in [3.8, 4) is 0 Å². The van der Waals surface area contributed by atoms with Gasteiger partial charge >= 0.3 is 0 Å². The minimum absolute atomic E-state index is 0.0858. The summed E-state index contributed by atoms with van der Waals surface area (Å²) in [6, 6.07) is 0.287. The summed E-state index contributed by atoms with van der Waals surface area (Å²) in [5.74, 6) is 0.323. The van der Waals surface area contributed by atoms with E-state index in [-0.39, 0.29) is 23.3 Å². The van der Waals surface area contributed by atoms with Gasteiger partial charge in [-0.1, -0.05) is 0 Å². The van der Waals surface area contributed by atoms with Crippen molar-refractivity contribution < 1.29 is 9.59 Å². The molecule has 1 spiro atoms. The fraction of sp³-hybridized carbons (Fsp3) is 0.818. The average molecular weight is 210 g/mol. The van der Waals surface area contributed by atoms with E-state index in [1.807, 2.05) is 18.7 Å². The summed E-state index contributed by atoms with van der Waals surface area (Å²) in [5.41, 5.74) is -0.226. The van der Waals surface area contributed by atoms with Crippen LogP contribution in [0, 0.1) is 5.41 Å². The summed E-state index contributed by atoms with van der Waals surface area (Å²) >= 11 is 0. The summed E-state index contributed by atoms with van der Waals surface area (Å²) in [6.07, 6.45) is 0.842. The molecule has 0 saturated carbocycles. The molecule has 2 heterocycles. The van der Waals surface area contributed by atoms with Crippen molar-refractivity contribution in [1.82, 2.24) is 9.80 Å². The van der Waals surface area contributed by atoms with Gasteiger partial charge in [-0.2, -0.15) is 0 Å². The van der Waals surface area contributed by atoms with Crippen LogP contribution in [0.4, 0.5) is 0 Å². The summed E-state index contributed by atoms with van der Waals surface area (Å²) in [7, 11) is 0. The molecule has 2 rings (SSSR count). The maximum atomic E-state index is 12.0. The van der Waals surface area contributed by atoms with E-state index < -0.39 is 0 Å². The number of rotatable bonds is 1. The molecule has 0 radical (unpaired) electrons. The molecule has 0 N–H and O–H groups in total. The number of hydrogen-bond donors (Lipinski definition) is 0. The Balaban J connectivity index is 2.03. The predicted molar refractivity (Wildman–Crippen MR) is 56.2 cm³/mol. The van der Waals surface area contributed by atoms with Crippen molar-refractivity contribution in [3.05, 3.63) is 0 Å². The van der Waals surface area contributed by atoms with Crippen molar-refractivity contribution >= 4 is 11.8 Å².